The summed E-state index contributed by atoms with van der Waals surface area (Å²) < 4.78 is 38.2. The summed E-state index contributed by atoms with van der Waals surface area (Å²) in [6.07, 6.45) is 9.96. The molecule has 9 heteroatoms. The van der Waals surface area contributed by atoms with Crippen molar-refractivity contribution in [3.8, 4) is 11.5 Å². The highest BCUT2D eigenvalue weighted by molar-refractivity contribution is 9.10. The van der Waals surface area contributed by atoms with E-state index in [1.807, 2.05) is 56.3 Å². The molecule has 0 spiro atoms. The Morgan fingerprint density at radius 2 is 1.02 bits per heavy atom. The van der Waals surface area contributed by atoms with Gasteiger partial charge in [0.15, 0.2) is 12.2 Å². The Bertz CT molecular complexity index is 1510. The van der Waals surface area contributed by atoms with Crippen molar-refractivity contribution in [3.63, 3.8) is 0 Å². The van der Waals surface area contributed by atoms with E-state index in [-0.39, 0.29) is 38.4 Å². The molecule has 0 aliphatic carbocycles. The number of rotatable bonds is 28. The van der Waals surface area contributed by atoms with Gasteiger partial charge in [0, 0.05) is 52.1 Å². The Kier molecular flexibility index (Phi) is 21.2. The summed E-state index contributed by atoms with van der Waals surface area (Å²) in [7, 11) is 0. The first kappa shape index (κ1) is 44.5. The van der Waals surface area contributed by atoms with E-state index >= 15 is 0 Å². The molecule has 0 bridgehead atoms. The molecule has 0 saturated heterocycles. The number of unbranched alkanes of at least 4 members (excludes halogenated alkanes) is 2. The number of ether oxygens (including phenoxy) is 6. The molecule has 4 atom stereocenters. The highest BCUT2D eigenvalue weighted by atomic mass is 79.9. The lowest BCUT2D eigenvalue weighted by atomic mass is 10.0. The van der Waals surface area contributed by atoms with Gasteiger partial charge in [-0.05, 0) is 55.7 Å². The van der Waals surface area contributed by atoms with E-state index < -0.39 is 12.2 Å². The molecular weight excluding hydrogens is 736 g/mol. The van der Waals surface area contributed by atoms with E-state index in [0.717, 1.165) is 64.5 Å². The lowest BCUT2D eigenvalue weighted by Crippen LogP contribution is -2.31. The van der Waals surface area contributed by atoms with Crippen LogP contribution < -0.4 is 9.47 Å². The van der Waals surface area contributed by atoms with Crippen LogP contribution in [-0.4, -0.2) is 63.8 Å². The fraction of sp³-hybridized carbons (Fsp3) is 0.636. The smallest absolute Gasteiger partial charge is 0.306 e. The largest absolute Gasteiger partial charge is 0.488 e. The zero-order valence-electron chi connectivity index (χ0n) is 33.2. The fourth-order valence-corrected chi connectivity index (χ4v) is 6.75. The molecule has 8 nitrogen and oxygen atoms in total. The van der Waals surface area contributed by atoms with Crippen molar-refractivity contribution in [2.75, 3.05) is 39.6 Å². The molecule has 0 aliphatic heterocycles. The normalized spacial score (nSPS) is 13.8. The van der Waals surface area contributed by atoms with Gasteiger partial charge in [-0.2, -0.15) is 0 Å². The number of carbonyl (C=O) groups excluding carboxylic acids is 2. The first-order chi connectivity index (χ1) is 25.8. The summed E-state index contributed by atoms with van der Waals surface area (Å²) in [5.41, 5.74) is 0. The van der Waals surface area contributed by atoms with Crippen LogP contribution in [-0.2, 0) is 28.5 Å². The molecule has 0 saturated carbocycles. The number of halogens is 1. The topological polar surface area (TPSA) is 89.5 Å². The van der Waals surface area contributed by atoms with Crippen LogP contribution in [0.2, 0.25) is 0 Å². The van der Waals surface area contributed by atoms with Crippen LogP contribution in [0.15, 0.2) is 46.9 Å². The van der Waals surface area contributed by atoms with E-state index in [9.17, 15) is 9.59 Å². The second-order valence-electron chi connectivity index (χ2n) is 14.1. The van der Waals surface area contributed by atoms with Crippen LogP contribution in [0, 0.1) is 11.8 Å². The molecule has 0 fully saturated rings. The maximum atomic E-state index is 12.7. The maximum absolute atomic E-state index is 12.7. The Hall–Kier alpha value is -2.88. The number of fused-ring (bicyclic) bond motifs is 2. The minimum absolute atomic E-state index is 0.136. The molecule has 0 N–H and O–H groups in total. The van der Waals surface area contributed by atoms with Crippen LogP contribution in [0.5, 0.6) is 11.5 Å². The molecule has 3 rings (SSSR count). The lowest BCUT2D eigenvalue weighted by Gasteiger charge is -2.24. The molecule has 3 aromatic rings. The van der Waals surface area contributed by atoms with Gasteiger partial charge in [0.2, 0.25) is 0 Å². The van der Waals surface area contributed by atoms with E-state index in [1.54, 1.807) is 0 Å². The average Bonchev–Trinajstić information content (AvgIpc) is 3.15. The van der Waals surface area contributed by atoms with Crippen molar-refractivity contribution >= 4 is 49.4 Å². The van der Waals surface area contributed by atoms with Crippen molar-refractivity contribution in [2.45, 2.75) is 131 Å². The number of hydrogen-bond acceptors (Lipinski definition) is 8. The SMILES string of the molecule is CCCCC(CC)COCC(COc1c2ccccc2c(OCC(COCC(CC)CCCC)OC(=O)CCC)c2cc(Br)ccc12)OC(=O)CCC. The predicted octanol–water partition coefficient (Wildman–Crippen LogP) is 11.4. The standard InChI is InChI=1S/C44H65BrO8/c1-7-13-19-32(11-5)26-48-28-35(52-41(46)17-9-3)30-50-43-37-21-15-16-22-38(37)44(40-25-34(45)23-24-39(40)43)51-31-36(53-42(47)18-10-4)29-49-27-33(12-6)20-14-8-2/h15-16,21-25,32-33,35-36H,7-14,17-20,26-31H2,1-6H3. The third-order valence-corrected chi connectivity index (χ3v) is 10.1. The van der Waals surface area contributed by atoms with E-state index in [1.165, 1.54) is 12.8 Å². The lowest BCUT2D eigenvalue weighted by molar-refractivity contribution is -0.155. The molecule has 53 heavy (non-hydrogen) atoms. The highest BCUT2D eigenvalue weighted by Gasteiger charge is 2.23. The molecule has 3 aromatic carbocycles. The van der Waals surface area contributed by atoms with Gasteiger partial charge in [-0.3, -0.25) is 9.59 Å². The van der Waals surface area contributed by atoms with Gasteiger partial charge < -0.3 is 28.4 Å². The number of carbonyl (C=O) groups is 2. The minimum atomic E-state index is -0.567. The Morgan fingerprint density at radius 1 is 0.566 bits per heavy atom. The Balaban J connectivity index is 1.89. The van der Waals surface area contributed by atoms with Crippen molar-refractivity contribution in [3.05, 3.63) is 46.9 Å². The highest BCUT2D eigenvalue weighted by Crippen LogP contribution is 2.44. The average molecular weight is 802 g/mol. The monoisotopic (exact) mass is 800 g/mol. The second kappa shape index (κ2) is 25.2. The zero-order valence-corrected chi connectivity index (χ0v) is 34.8. The predicted molar refractivity (Wildman–Crippen MR) is 218 cm³/mol. The van der Waals surface area contributed by atoms with Gasteiger partial charge in [-0.25, -0.2) is 0 Å². The summed E-state index contributed by atoms with van der Waals surface area (Å²) in [4.78, 5) is 25.3. The molecule has 0 aliphatic rings. The third kappa shape index (κ3) is 15.1. The Labute approximate surface area is 327 Å². The molecule has 0 aromatic heterocycles. The van der Waals surface area contributed by atoms with Crippen molar-refractivity contribution < 1.29 is 38.0 Å². The van der Waals surface area contributed by atoms with Crippen LogP contribution >= 0.6 is 15.9 Å². The van der Waals surface area contributed by atoms with Gasteiger partial charge in [0.25, 0.3) is 0 Å². The molecule has 296 valence electrons. The maximum Gasteiger partial charge on any atom is 0.306 e. The number of benzene rings is 3. The molecule has 0 heterocycles. The molecular formula is C44H65BrO8. The van der Waals surface area contributed by atoms with Crippen molar-refractivity contribution in [2.24, 2.45) is 11.8 Å². The first-order valence-electron chi connectivity index (χ1n) is 20.2. The minimum Gasteiger partial charge on any atom is -0.488 e. The van der Waals surface area contributed by atoms with Gasteiger partial charge in [-0.15, -0.1) is 0 Å². The summed E-state index contributed by atoms with van der Waals surface area (Å²) >= 11 is 3.66. The van der Waals surface area contributed by atoms with Crippen LogP contribution in [0.1, 0.15) is 119 Å². The van der Waals surface area contributed by atoms with E-state index in [4.69, 9.17) is 28.4 Å². The van der Waals surface area contributed by atoms with Gasteiger partial charge in [-0.1, -0.05) is 120 Å². The molecule has 0 amide bonds. The number of esters is 2. The summed E-state index contributed by atoms with van der Waals surface area (Å²) in [5, 5.41) is 3.41. The van der Waals surface area contributed by atoms with Crippen molar-refractivity contribution in [1.82, 2.24) is 0 Å². The van der Waals surface area contributed by atoms with Crippen molar-refractivity contribution in [1.29, 1.82) is 0 Å². The van der Waals surface area contributed by atoms with Crippen LogP contribution in [0.3, 0.4) is 0 Å². The summed E-state index contributed by atoms with van der Waals surface area (Å²) in [5.74, 6) is 1.78. The van der Waals surface area contributed by atoms with E-state index in [2.05, 4.69) is 43.6 Å². The second-order valence-corrected chi connectivity index (χ2v) is 15.1. The summed E-state index contributed by atoms with van der Waals surface area (Å²) in [6, 6.07) is 14.0. The van der Waals surface area contributed by atoms with Crippen LogP contribution in [0.4, 0.5) is 0 Å². The quantitative estimate of drug-likeness (QED) is 0.0530. The Morgan fingerprint density at radius 3 is 1.45 bits per heavy atom. The van der Waals surface area contributed by atoms with Gasteiger partial charge in [0.1, 0.15) is 24.7 Å². The van der Waals surface area contributed by atoms with Gasteiger partial charge >= 0.3 is 11.9 Å². The van der Waals surface area contributed by atoms with Crippen LogP contribution in [0.25, 0.3) is 21.5 Å². The number of hydrogen-bond donors (Lipinski definition) is 0. The molecule has 0 radical (unpaired) electrons. The van der Waals surface area contributed by atoms with E-state index in [0.29, 0.717) is 62.2 Å². The fourth-order valence-electron chi connectivity index (χ4n) is 6.39. The van der Waals surface area contributed by atoms with Gasteiger partial charge in [0.05, 0.1) is 13.2 Å². The molecule has 4 unspecified atom stereocenters. The third-order valence-electron chi connectivity index (χ3n) is 9.62. The summed E-state index contributed by atoms with van der Waals surface area (Å²) in [6.45, 7) is 14.8. The first-order valence-corrected chi connectivity index (χ1v) is 21.0. The zero-order chi connectivity index (χ0) is 38.4.